The van der Waals surface area contributed by atoms with E-state index >= 15 is 0 Å². The van der Waals surface area contributed by atoms with Gasteiger partial charge in [0.2, 0.25) is 5.91 Å². The van der Waals surface area contributed by atoms with Crippen LogP contribution in [0, 0.1) is 23.2 Å². The van der Waals surface area contributed by atoms with Gasteiger partial charge in [-0.2, -0.15) is 5.26 Å². The van der Waals surface area contributed by atoms with E-state index in [1.807, 2.05) is 27.8 Å². The predicted octanol–water partition coefficient (Wildman–Crippen LogP) is 1.07. The van der Waals surface area contributed by atoms with E-state index in [1.54, 1.807) is 6.92 Å². The van der Waals surface area contributed by atoms with Crippen LogP contribution in [0.25, 0.3) is 0 Å². The third kappa shape index (κ3) is 5.73. The summed E-state index contributed by atoms with van der Waals surface area (Å²) in [5.74, 6) is 0.542. The standard InChI is InChI=1S/C18H34N4O2/c1-14(2)18(4,13-19)20-17(24)15(3)21(5)12-16-6-8-22(9-7-16)10-11-23/h14-16,23H,6-12H2,1-5H3,(H,20,24)/t15-,18+/m0/s1. The highest BCUT2D eigenvalue weighted by Gasteiger charge is 2.33. The van der Waals surface area contributed by atoms with Crippen LogP contribution >= 0.6 is 0 Å². The van der Waals surface area contributed by atoms with Crippen LogP contribution in [0.2, 0.25) is 0 Å². The Kier molecular flexibility index (Phi) is 8.14. The molecule has 1 saturated heterocycles. The number of hydrogen-bond donors (Lipinski definition) is 2. The van der Waals surface area contributed by atoms with Gasteiger partial charge in [0.15, 0.2) is 0 Å². The summed E-state index contributed by atoms with van der Waals surface area (Å²) in [6, 6.07) is 1.97. The highest BCUT2D eigenvalue weighted by Crippen LogP contribution is 2.19. The molecule has 1 fully saturated rings. The molecule has 0 aromatic rings. The minimum Gasteiger partial charge on any atom is -0.395 e. The summed E-state index contributed by atoms with van der Waals surface area (Å²) in [5.41, 5.74) is -0.832. The normalized spacial score (nSPS) is 20.6. The van der Waals surface area contributed by atoms with E-state index in [-0.39, 0.29) is 24.5 Å². The number of amides is 1. The summed E-state index contributed by atoms with van der Waals surface area (Å²) in [7, 11) is 1.98. The van der Waals surface area contributed by atoms with Gasteiger partial charge in [-0.3, -0.25) is 9.69 Å². The zero-order chi connectivity index (χ0) is 18.3. The monoisotopic (exact) mass is 338 g/mol. The van der Waals surface area contributed by atoms with Crippen molar-refractivity contribution in [2.24, 2.45) is 11.8 Å². The van der Waals surface area contributed by atoms with E-state index in [0.717, 1.165) is 39.0 Å². The van der Waals surface area contributed by atoms with Crippen molar-refractivity contribution < 1.29 is 9.90 Å². The molecule has 138 valence electrons. The van der Waals surface area contributed by atoms with Gasteiger partial charge in [0.05, 0.1) is 18.7 Å². The van der Waals surface area contributed by atoms with Crippen molar-refractivity contribution in [3.63, 3.8) is 0 Å². The van der Waals surface area contributed by atoms with E-state index in [9.17, 15) is 10.1 Å². The smallest absolute Gasteiger partial charge is 0.238 e. The van der Waals surface area contributed by atoms with Crippen LogP contribution in [0.1, 0.15) is 40.5 Å². The molecule has 2 N–H and O–H groups in total. The number of carbonyl (C=O) groups is 1. The molecule has 0 spiro atoms. The van der Waals surface area contributed by atoms with Crippen LogP contribution in [-0.2, 0) is 4.79 Å². The molecule has 2 atom stereocenters. The zero-order valence-corrected chi connectivity index (χ0v) is 15.9. The molecular formula is C18H34N4O2. The number of nitrogens with zero attached hydrogens (tertiary/aromatic N) is 3. The molecule has 1 rings (SSSR count). The fraction of sp³-hybridized carbons (Fsp3) is 0.889. The molecular weight excluding hydrogens is 304 g/mol. The van der Waals surface area contributed by atoms with Crippen LogP contribution in [-0.4, -0.2) is 72.2 Å². The van der Waals surface area contributed by atoms with Gasteiger partial charge in [-0.25, -0.2) is 0 Å². The van der Waals surface area contributed by atoms with Gasteiger partial charge in [0, 0.05) is 13.1 Å². The number of β-amino-alcohol motifs (C(OH)–C–C–N with tert-alkyl or cyclic N) is 1. The van der Waals surface area contributed by atoms with Gasteiger partial charge in [0.1, 0.15) is 5.54 Å². The minimum atomic E-state index is -0.832. The molecule has 0 aromatic heterocycles. The predicted molar refractivity (Wildman–Crippen MR) is 95.3 cm³/mol. The second-order valence-electron chi connectivity index (χ2n) is 7.58. The zero-order valence-electron chi connectivity index (χ0n) is 15.9. The summed E-state index contributed by atoms with van der Waals surface area (Å²) < 4.78 is 0. The third-order valence-corrected chi connectivity index (χ3v) is 5.48. The van der Waals surface area contributed by atoms with Gasteiger partial charge < -0.3 is 15.3 Å². The van der Waals surface area contributed by atoms with Crippen molar-refractivity contribution in [3.8, 4) is 6.07 Å². The first-order valence-corrected chi connectivity index (χ1v) is 9.00. The van der Waals surface area contributed by atoms with Gasteiger partial charge in [-0.1, -0.05) is 13.8 Å². The fourth-order valence-electron chi connectivity index (χ4n) is 2.96. The Morgan fingerprint density at radius 2 is 2.00 bits per heavy atom. The molecule has 0 aromatic carbocycles. The topological polar surface area (TPSA) is 79.6 Å². The third-order valence-electron chi connectivity index (χ3n) is 5.48. The maximum absolute atomic E-state index is 12.5. The Hall–Kier alpha value is -1.16. The molecule has 1 aliphatic heterocycles. The molecule has 1 amide bonds. The van der Waals surface area contributed by atoms with Gasteiger partial charge in [0.25, 0.3) is 0 Å². The Balaban J connectivity index is 2.49. The Bertz CT molecular complexity index is 441. The maximum Gasteiger partial charge on any atom is 0.238 e. The van der Waals surface area contributed by atoms with E-state index < -0.39 is 5.54 Å². The summed E-state index contributed by atoms with van der Waals surface area (Å²) in [4.78, 5) is 16.9. The molecule has 6 heteroatoms. The molecule has 1 aliphatic rings. The average Bonchev–Trinajstić information content (AvgIpc) is 2.55. The number of carbonyl (C=O) groups excluding carboxylic acids is 1. The molecule has 1 heterocycles. The number of likely N-dealkylation sites (tertiary alicyclic amines) is 1. The molecule has 0 bridgehead atoms. The number of aliphatic hydroxyl groups is 1. The quantitative estimate of drug-likeness (QED) is 0.692. The number of piperidine rings is 1. The highest BCUT2D eigenvalue weighted by atomic mass is 16.3. The molecule has 0 radical (unpaired) electrons. The minimum absolute atomic E-state index is 0.0554. The lowest BCUT2D eigenvalue weighted by atomic mass is 9.89. The van der Waals surface area contributed by atoms with Crippen LogP contribution in [0.5, 0.6) is 0 Å². The van der Waals surface area contributed by atoms with E-state index in [0.29, 0.717) is 5.92 Å². The van der Waals surface area contributed by atoms with Gasteiger partial charge >= 0.3 is 0 Å². The average molecular weight is 338 g/mol. The van der Waals surface area contributed by atoms with Gasteiger partial charge in [-0.05, 0) is 58.7 Å². The van der Waals surface area contributed by atoms with Crippen molar-refractivity contribution in [1.82, 2.24) is 15.1 Å². The van der Waals surface area contributed by atoms with Crippen molar-refractivity contribution in [2.45, 2.75) is 52.1 Å². The number of nitriles is 1. The van der Waals surface area contributed by atoms with Crippen LogP contribution < -0.4 is 5.32 Å². The fourth-order valence-corrected chi connectivity index (χ4v) is 2.96. The largest absolute Gasteiger partial charge is 0.395 e. The second kappa shape index (κ2) is 9.36. The lowest BCUT2D eigenvalue weighted by Gasteiger charge is -2.36. The van der Waals surface area contributed by atoms with Crippen molar-refractivity contribution in [1.29, 1.82) is 5.26 Å². The number of hydrogen-bond acceptors (Lipinski definition) is 5. The van der Waals surface area contributed by atoms with Gasteiger partial charge in [-0.15, -0.1) is 0 Å². The van der Waals surface area contributed by atoms with E-state index in [4.69, 9.17) is 5.11 Å². The van der Waals surface area contributed by atoms with Crippen LogP contribution in [0.4, 0.5) is 0 Å². The second-order valence-corrected chi connectivity index (χ2v) is 7.58. The van der Waals surface area contributed by atoms with Crippen molar-refractivity contribution in [3.05, 3.63) is 0 Å². The first-order chi connectivity index (χ1) is 11.2. The summed E-state index contributed by atoms with van der Waals surface area (Å²) in [5, 5.41) is 21.3. The first-order valence-electron chi connectivity index (χ1n) is 9.00. The Labute approximate surface area is 146 Å². The number of likely N-dealkylation sites (N-methyl/N-ethyl adjacent to an activating group) is 1. The lowest BCUT2D eigenvalue weighted by molar-refractivity contribution is -0.127. The summed E-state index contributed by atoms with van der Waals surface area (Å²) in [6.07, 6.45) is 2.20. The van der Waals surface area contributed by atoms with E-state index in [1.165, 1.54) is 0 Å². The SMILES string of the molecule is CC(C)[C@@](C)(C#N)NC(=O)[C@H](C)N(C)CC1CCN(CCO)CC1. The van der Waals surface area contributed by atoms with Crippen LogP contribution in [0.15, 0.2) is 0 Å². The highest BCUT2D eigenvalue weighted by molar-refractivity contribution is 5.82. The molecule has 0 aliphatic carbocycles. The first kappa shape index (κ1) is 20.9. The molecule has 6 nitrogen and oxygen atoms in total. The summed E-state index contributed by atoms with van der Waals surface area (Å²) >= 11 is 0. The lowest BCUT2D eigenvalue weighted by Crippen LogP contribution is -2.55. The molecule has 0 unspecified atom stereocenters. The summed E-state index contributed by atoms with van der Waals surface area (Å²) in [6.45, 7) is 11.4. The van der Waals surface area contributed by atoms with E-state index in [2.05, 4.69) is 21.2 Å². The molecule has 0 saturated carbocycles. The Morgan fingerprint density at radius 1 is 1.42 bits per heavy atom. The molecule has 24 heavy (non-hydrogen) atoms. The van der Waals surface area contributed by atoms with Crippen molar-refractivity contribution in [2.75, 3.05) is 39.8 Å². The number of rotatable bonds is 8. The maximum atomic E-state index is 12.5. The number of nitrogens with one attached hydrogen (secondary N) is 1. The van der Waals surface area contributed by atoms with Crippen LogP contribution in [0.3, 0.4) is 0 Å². The Morgan fingerprint density at radius 3 is 2.46 bits per heavy atom. The van der Waals surface area contributed by atoms with Crippen molar-refractivity contribution >= 4 is 5.91 Å². The number of aliphatic hydroxyl groups excluding tert-OH is 1.